The van der Waals surface area contributed by atoms with Gasteiger partial charge in [-0.05, 0) is 13.8 Å². The van der Waals surface area contributed by atoms with Crippen LogP contribution in [0, 0.1) is 13.8 Å². The average Bonchev–Trinajstić information content (AvgIpc) is 2.82. The average molecular weight is 267 g/mol. The molecular weight excluding hydrogens is 250 g/mol. The first kappa shape index (κ1) is 13.0. The molecule has 0 aliphatic rings. The first-order valence-electron chi connectivity index (χ1n) is 5.69. The van der Waals surface area contributed by atoms with Crippen molar-refractivity contribution in [2.75, 3.05) is 7.11 Å². The number of aliphatic hydroxyl groups excluding tert-OH is 1. The van der Waals surface area contributed by atoms with Gasteiger partial charge < -0.3 is 9.84 Å². The lowest BCUT2D eigenvalue weighted by Crippen LogP contribution is -2.05. The van der Waals surface area contributed by atoms with Crippen LogP contribution in [0.2, 0.25) is 0 Å². The molecule has 2 rings (SSSR count). The number of ether oxygens (including phenoxy) is 1. The number of nitrogens with zero attached hydrogens (tertiary/aromatic N) is 3. The lowest BCUT2D eigenvalue weighted by molar-refractivity contribution is 0.171. The van der Waals surface area contributed by atoms with Crippen molar-refractivity contribution in [3.8, 4) is 5.88 Å². The van der Waals surface area contributed by atoms with Crippen LogP contribution in [0.15, 0.2) is 5.38 Å². The van der Waals surface area contributed by atoms with Gasteiger partial charge in [0.1, 0.15) is 0 Å². The molecule has 0 saturated carbocycles. The van der Waals surface area contributed by atoms with E-state index in [0.717, 1.165) is 22.0 Å². The molecule has 0 aliphatic heterocycles. The van der Waals surface area contributed by atoms with Crippen molar-refractivity contribution in [2.45, 2.75) is 26.4 Å². The summed E-state index contributed by atoms with van der Waals surface area (Å²) in [6.07, 6.45) is -0.164. The first-order valence-corrected chi connectivity index (χ1v) is 6.57. The molecule has 2 heterocycles. The highest BCUT2D eigenvalue weighted by Crippen LogP contribution is 2.30. The molecule has 1 N–H and O–H groups in total. The van der Waals surface area contributed by atoms with Crippen LogP contribution in [0.3, 0.4) is 0 Å². The molecule has 98 valence electrons. The Morgan fingerprint density at radius 3 is 2.78 bits per heavy atom. The maximum absolute atomic E-state index is 10.3. The first-order chi connectivity index (χ1) is 8.52. The molecule has 5 nitrogen and oxygen atoms in total. The molecule has 0 bridgehead atoms. The smallest absolute Gasteiger partial charge is 0.217 e. The largest absolute Gasteiger partial charge is 0.481 e. The van der Waals surface area contributed by atoms with E-state index in [1.54, 1.807) is 30.2 Å². The molecular formula is C12H17N3O2S. The molecule has 6 heteroatoms. The van der Waals surface area contributed by atoms with Crippen molar-refractivity contribution in [2.24, 2.45) is 7.05 Å². The van der Waals surface area contributed by atoms with Gasteiger partial charge in [0.05, 0.1) is 35.2 Å². The molecule has 1 unspecified atom stereocenters. The number of methoxy groups -OCH3 is 1. The van der Waals surface area contributed by atoms with Gasteiger partial charge in [-0.1, -0.05) is 0 Å². The molecule has 0 radical (unpaired) electrons. The Labute approximate surface area is 110 Å². The van der Waals surface area contributed by atoms with Crippen LogP contribution in [0.1, 0.15) is 28.1 Å². The van der Waals surface area contributed by atoms with Gasteiger partial charge in [0, 0.05) is 18.8 Å². The standard InChI is InChI=1S/C12H17N3O2S/c1-7-11(12(17-4)15(3)14-7)10(16)5-9-6-18-8(2)13-9/h6,10,16H,5H2,1-4H3. The molecule has 0 saturated heterocycles. The predicted molar refractivity (Wildman–Crippen MR) is 70.0 cm³/mol. The number of aromatic nitrogens is 3. The van der Waals surface area contributed by atoms with Crippen molar-refractivity contribution < 1.29 is 9.84 Å². The molecule has 2 aromatic heterocycles. The maximum Gasteiger partial charge on any atom is 0.217 e. The summed E-state index contributed by atoms with van der Waals surface area (Å²) in [5.74, 6) is 0.604. The van der Waals surface area contributed by atoms with E-state index >= 15 is 0 Å². The summed E-state index contributed by atoms with van der Waals surface area (Å²) in [7, 11) is 3.38. The van der Waals surface area contributed by atoms with Crippen molar-refractivity contribution >= 4 is 11.3 Å². The summed E-state index contributed by atoms with van der Waals surface area (Å²) in [5, 5.41) is 17.6. The van der Waals surface area contributed by atoms with E-state index in [1.807, 2.05) is 19.2 Å². The minimum atomic E-state index is -0.643. The number of hydrogen-bond donors (Lipinski definition) is 1. The van der Waals surface area contributed by atoms with Crippen LogP contribution in [0.5, 0.6) is 5.88 Å². The summed E-state index contributed by atoms with van der Waals surface area (Å²) in [4.78, 5) is 4.36. The zero-order valence-electron chi connectivity index (χ0n) is 11.0. The van der Waals surface area contributed by atoms with Crippen LogP contribution in [-0.2, 0) is 13.5 Å². The lowest BCUT2D eigenvalue weighted by Gasteiger charge is -2.10. The van der Waals surface area contributed by atoms with Crippen LogP contribution in [0.25, 0.3) is 0 Å². The summed E-state index contributed by atoms with van der Waals surface area (Å²) < 4.78 is 6.92. The van der Waals surface area contributed by atoms with Crippen molar-refractivity contribution in [1.29, 1.82) is 0 Å². The molecule has 1 atom stereocenters. The topological polar surface area (TPSA) is 60.2 Å². The van der Waals surface area contributed by atoms with E-state index in [-0.39, 0.29) is 0 Å². The van der Waals surface area contributed by atoms with Gasteiger partial charge in [0.15, 0.2) is 0 Å². The van der Waals surface area contributed by atoms with Crippen molar-refractivity contribution in [1.82, 2.24) is 14.8 Å². The van der Waals surface area contributed by atoms with Crippen LogP contribution in [-0.4, -0.2) is 27.0 Å². The Hall–Kier alpha value is -1.40. The zero-order valence-corrected chi connectivity index (χ0v) is 11.8. The normalized spacial score (nSPS) is 12.7. The van der Waals surface area contributed by atoms with Gasteiger partial charge in [-0.25, -0.2) is 9.67 Å². The van der Waals surface area contributed by atoms with E-state index in [4.69, 9.17) is 4.74 Å². The van der Waals surface area contributed by atoms with Crippen LogP contribution >= 0.6 is 11.3 Å². The molecule has 18 heavy (non-hydrogen) atoms. The molecule has 0 aromatic carbocycles. The summed E-state index contributed by atoms with van der Waals surface area (Å²) >= 11 is 1.59. The summed E-state index contributed by atoms with van der Waals surface area (Å²) in [5.41, 5.74) is 2.43. The van der Waals surface area contributed by atoms with Gasteiger partial charge in [-0.2, -0.15) is 5.10 Å². The zero-order chi connectivity index (χ0) is 13.3. The van der Waals surface area contributed by atoms with Crippen molar-refractivity contribution in [3.63, 3.8) is 0 Å². The maximum atomic E-state index is 10.3. The fourth-order valence-electron chi connectivity index (χ4n) is 2.08. The minimum Gasteiger partial charge on any atom is -0.481 e. The SMILES string of the molecule is COc1c(C(O)Cc2csc(C)n2)c(C)nn1C. The number of aryl methyl sites for hydroxylation is 3. The Bertz CT molecular complexity index is 548. The molecule has 0 aliphatic carbocycles. The van der Waals surface area contributed by atoms with Gasteiger partial charge >= 0.3 is 0 Å². The monoisotopic (exact) mass is 267 g/mol. The fraction of sp³-hybridized carbons (Fsp3) is 0.500. The van der Waals surface area contributed by atoms with Crippen LogP contribution < -0.4 is 4.74 Å². The predicted octanol–water partition coefficient (Wildman–Crippen LogP) is 1.78. The second kappa shape index (κ2) is 5.07. The highest BCUT2D eigenvalue weighted by Gasteiger charge is 2.22. The van der Waals surface area contributed by atoms with Crippen LogP contribution in [0.4, 0.5) is 0 Å². The molecule has 0 fully saturated rings. The Morgan fingerprint density at radius 1 is 1.50 bits per heavy atom. The van der Waals surface area contributed by atoms with E-state index in [2.05, 4.69) is 10.1 Å². The third-order valence-corrected chi connectivity index (χ3v) is 3.63. The third kappa shape index (κ3) is 2.39. The number of aliphatic hydroxyl groups is 1. The lowest BCUT2D eigenvalue weighted by atomic mass is 10.1. The van der Waals surface area contributed by atoms with Crippen molar-refractivity contribution in [3.05, 3.63) is 27.3 Å². The highest BCUT2D eigenvalue weighted by molar-refractivity contribution is 7.09. The number of hydrogen-bond acceptors (Lipinski definition) is 5. The van der Waals surface area contributed by atoms with E-state index in [9.17, 15) is 5.11 Å². The highest BCUT2D eigenvalue weighted by atomic mass is 32.1. The molecule has 0 amide bonds. The van der Waals surface area contributed by atoms with E-state index in [1.165, 1.54) is 0 Å². The quantitative estimate of drug-likeness (QED) is 0.917. The Kier molecular flexibility index (Phi) is 3.68. The molecule has 2 aromatic rings. The van der Waals surface area contributed by atoms with E-state index < -0.39 is 6.10 Å². The number of thiazole rings is 1. The van der Waals surface area contributed by atoms with Gasteiger partial charge in [0.25, 0.3) is 0 Å². The minimum absolute atomic E-state index is 0.479. The summed E-state index contributed by atoms with van der Waals surface area (Å²) in [6.45, 7) is 3.82. The van der Waals surface area contributed by atoms with Gasteiger partial charge in [0.2, 0.25) is 5.88 Å². The second-order valence-electron chi connectivity index (χ2n) is 4.21. The van der Waals surface area contributed by atoms with Gasteiger partial charge in [-0.15, -0.1) is 11.3 Å². The second-order valence-corrected chi connectivity index (χ2v) is 5.27. The van der Waals surface area contributed by atoms with E-state index in [0.29, 0.717) is 12.3 Å². The van der Waals surface area contributed by atoms with Gasteiger partial charge in [-0.3, -0.25) is 0 Å². The third-order valence-electron chi connectivity index (χ3n) is 2.81. The Balaban J connectivity index is 2.25. The summed E-state index contributed by atoms with van der Waals surface area (Å²) in [6, 6.07) is 0. The molecule has 0 spiro atoms. The fourth-order valence-corrected chi connectivity index (χ4v) is 2.71. The Morgan fingerprint density at radius 2 is 2.22 bits per heavy atom. The number of rotatable bonds is 4.